The number of hydrogen-bond donors (Lipinski definition) is 1. The second-order valence-electron chi connectivity index (χ2n) is 3.70. The zero-order valence-corrected chi connectivity index (χ0v) is 11.0. The van der Waals surface area contributed by atoms with Crippen LogP contribution < -0.4 is 18.9 Å². The van der Waals surface area contributed by atoms with Crippen LogP contribution in [0.4, 0.5) is 0 Å². The average molecular weight is 235 g/mol. The topological polar surface area (TPSA) is 37.3 Å². The Morgan fingerprint density at radius 1 is 1.25 bits per heavy atom. The van der Waals surface area contributed by atoms with E-state index in [2.05, 4.69) is 20.8 Å². The number of carboxylic acid groups (broad SMARTS) is 1. The van der Waals surface area contributed by atoms with Gasteiger partial charge in [-0.3, -0.25) is 4.79 Å². The van der Waals surface area contributed by atoms with E-state index in [-0.39, 0.29) is 25.3 Å². The van der Waals surface area contributed by atoms with Crippen molar-refractivity contribution in [1.29, 1.82) is 0 Å². The third kappa shape index (κ3) is 11.7. The fourth-order valence-electron chi connectivity index (χ4n) is 0.777. The van der Waals surface area contributed by atoms with Gasteiger partial charge in [0.15, 0.2) is 0 Å². The maximum atomic E-state index is 10.2. The molecule has 84 valence electrons. The third-order valence-corrected chi connectivity index (χ3v) is 1.52. The van der Waals surface area contributed by atoms with Crippen molar-refractivity contribution in [2.24, 2.45) is 0 Å². The molecular formula is C12H16ClLiO2. The van der Waals surface area contributed by atoms with E-state index >= 15 is 0 Å². The van der Waals surface area contributed by atoms with Gasteiger partial charge in [-0.2, -0.15) is 20.8 Å². The molecule has 0 aromatic heterocycles. The molecule has 0 saturated carbocycles. The molecule has 0 saturated heterocycles. The van der Waals surface area contributed by atoms with E-state index in [0.29, 0.717) is 5.02 Å². The molecular weight excluding hydrogens is 219 g/mol. The van der Waals surface area contributed by atoms with Crippen LogP contribution in [-0.2, 0) is 11.2 Å². The van der Waals surface area contributed by atoms with Crippen LogP contribution in [0.15, 0.2) is 24.3 Å². The number of carbonyl (C=O) groups is 1. The minimum absolute atomic E-state index is 0. The minimum atomic E-state index is -0.827. The van der Waals surface area contributed by atoms with Crippen molar-refractivity contribution in [2.45, 2.75) is 27.2 Å². The maximum absolute atomic E-state index is 10.2. The molecule has 1 rings (SSSR count). The monoisotopic (exact) mass is 234 g/mol. The normalized spacial score (nSPS) is 8.81. The van der Waals surface area contributed by atoms with Crippen LogP contribution in [0, 0.1) is 5.92 Å². The molecule has 0 amide bonds. The Balaban J connectivity index is 0. The first-order valence-corrected chi connectivity index (χ1v) is 5.02. The molecule has 2 nitrogen and oxygen atoms in total. The van der Waals surface area contributed by atoms with Crippen LogP contribution in [0.25, 0.3) is 0 Å². The van der Waals surface area contributed by atoms with Gasteiger partial charge in [0.25, 0.3) is 0 Å². The Hall–Kier alpha value is -0.423. The van der Waals surface area contributed by atoms with Crippen molar-refractivity contribution in [3.8, 4) is 0 Å². The van der Waals surface area contributed by atoms with E-state index in [9.17, 15) is 4.79 Å². The van der Waals surface area contributed by atoms with Gasteiger partial charge in [-0.25, -0.2) is 0 Å². The molecule has 1 aromatic rings. The third-order valence-electron chi connectivity index (χ3n) is 1.27. The van der Waals surface area contributed by atoms with Gasteiger partial charge in [-0.05, 0) is 17.7 Å². The summed E-state index contributed by atoms with van der Waals surface area (Å²) in [5.41, 5.74) is 0.766. The summed E-state index contributed by atoms with van der Waals surface area (Å²) >= 11 is 5.60. The van der Waals surface area contributed by atoms with Crippen molar-refractivity contribution < 1.29 is 28.8 Å². The Morgan fingerprint density at radius 2 is 1.62 bits per heavy atom. The second-order valence-corrected chi connectivity index (χ2v) is 4.13. The van der Waals surface area contributed by atoms with Crippen molar-refractivity contribution in [3.63, 3.8) is 0 Å². The first-order chi connectivity index (χ1) is 6.91. The SMILES string of the molecule is C[C-](C)C.O=C(O)Cc1ccc(Cl)cc1.[Li+]. The number of halogens is 1. The summed E-state index contributed by atoms with van der Waals surface area (Å²) in [6.07, 6.45) is 0.0527. The molecule has 0 unspecified atom stereocenters. The Kier molecular flexibility index (Phi) is 11.0. The van der Waals surface area contributed by atoms with E-state index in [1.54, 1.807) is 24.3 Å². The summed E-state index contributed by atoms with van der Waals surface area (Å²) in [5.74, 6) is 0.590. The maximum Gasteiger partial charge on any atom is 1.00 e. The molecule has 0 heterocycles. The molecule has 0 aliphatic carbocycles. The van der Waals surface area contributed by atoms with Crippen LogP contribution in [-0.4, -0.2) is 11.1 Å². The van der Waals surface area contributed by atoms with Crippen LogP contribution in [0.5, 0.6) is 0 Å². The van der Waals surface area contributed by atoms with Gasteiger partial charge < -0.3 is 11.0 Å². The fraction of sp³-hybridized carbons (Fsp3) is 0.333. The second kappa shape index (κ2) is 9.78. The smallest absolute Gasteiger partial charge is 0.481 e. The van der Waals surface area contributed by atoms with Crippen LogP contribution in [0.2, 0.25) is 5.02 Å². The van der Waals surface area contributed by atoms with Crippen molar-refractivity contribution in [3.05, 3.63) is 40.8 Å². The first-order valence-electron chi connectivity index (χ1n) is 4.65. The van der Waals surface area contributed by atoms with Gasteiger partial charge >= 0.3 is 24.8 Å². The molecule has 0 spiro atoms. The fourth-order valence-corrected chi connectivity index (χ4v) is 0.903. The molecule has 1 N–H and O–H groups in total. The quantitative estimate of drug-likeness (QED) is 0.601. The average Bonchev–Trinajstić information content (AvgIpc) is 2.07. The summed E-state index contributed by atoms with van der Waals surface area (Å²) in [6.45, 7) is 6.25. The number of hydrogen-bond acceptors (Lipinski definition) is 1. The molecule has 0 atom stereocenters. The number of carboxylic acids is 1. The summed E-state index contributed by atoms with van der Waals surface area (Å²) in [6, 6.07) is 6.77. The van der Waals surface area contributed by atoms with E-state index in [1.165, 1.54) is 5.92 Å². The Morgan fingerprint density at radius 3 is 1.94 bits per heavy atom. The standard InChI is InChI=1S/C8H7ClO2.C4H9.Li/c9-7-3-1-6(2-4-7)5-8(10)11;1-4(2)3;/h1-4H,5H2,(H,10,11);1-3H3;/q;-1;+1. The first kappa shape index (κ1) is 18.0. The van der Waals surface area contributed by atoms with Crippen LogP contribution in [0.3, 0.4) is 0 Å². The summed E-state index contributed by atoms with van der Waals surface area (Å²) in [4.78, 5) is 10.2. The minimum Gasteiger partial charge on any atom is -0.481 e. The number of benzene rings is 1. The Labute approximate surface area is 114 Å². The number of aliphatic carboxylic acids is 1. The molecule has 16 heavy (non-hydrogen) atoms. The van der Waals surface area contributed by atoms with Gasteiger partial charge in [0.1, 0.15) is 0 Å². The van der Waals surface area contributed by atoms with Crippen molar-refractivity contribution >= 4 is 17.6 Å². The molecule has 0 aliphatic rings. The summed E-state index contributed by atoms with van der Waals surface area (Å²) in [5, 5.41) is 9.03. The van der Waals surface area contributed by atoms with E-state index in [1.807, 2.05) is 0 Å². The summed E-state index contributed by atoms with van der Waals surface area (Å²) < 4.78 is 0. The van der Waals surface area contributed by atoms with E-state index < -0.39 is 5.97 Å². The molecule has 1 aromatic carbocycles. The van der Waals surface area contributed by atoms with Crippen LogP contribution in [0.1, 0.15) is 26.3 Å². The zero-order chi connectivity index (χ0) is 11.8. The van der Waals surface area contributed by atoms with Gasteiger partial charge in [-0.15, -0.1) is 0 Å². The Bertz CT molecular complexity index is 294. The molecule has 0 aliphatic heterocycles. The van der Waals surface area contributed by atoms with E-state index in [0.717, 1.165) is 5.56 Å². The molecule has 0 bridgehead atoms. The largest absolute Gasteiger partial charge is 1.00 e. The predicted octanol–water partition coefficient (Wildman–Crippen LogP) is 0.592. The van der Waals surface area contributed by atoms with Gasteiger partial charge in [0.05, 0.1) is 6.42 Å². The van der Waals surface area contributed by atoms with Crippen LogP contribution >= 0.6 is 11.6 Å². The molecule has 0 radical (unpaired) electrons. The van der Waals surface area contributed by atoms with Gasteiger partial charge in [0, 0.05) is 5.02 Å². The predicted molar refractivity (Wildman–Crippen MR) is 63.1 cm³/mol. The number of rotatable bonds is 2. The van der Waals surface area contributed by atoms with Gasteiger partial charge in [-0.1, -0.05) is 23.7 Å². The molecule has 0 fully saturated rings. The molecule has 4 heteroatoms. The van der Waals surface area contributed by atoms with Gasteiger partial charge in [0.2, 0.25) is 0 Å². The summed E-state index contributed by atoms with van der Waals surface area (Å²) in [7, 11) is 0. The van der Waals surface area contributed by atoms with Crippen molar-refractivity contribution in [2.75, 3.05) is 0 Å². The van der Waals surface area contributed by atoms with E-state index in [4.69, 9.17) is 16.7 Å². The van der Waals surface area contributed by atoms with Crippen molar-refractivity contribution in [1.82, 2.24) is 0 Å². The zero-order valence-electron chi connectivity index (χ0n) is 10.2.